The van der Waals surface area contributed by atoms with Crippen molar-refractivity contribution in [1.29, 1.82) is 0 Å². The summed E-state index contributed by atoms with van der Waals surface area (Å²) < 4.78 is 24.8. The van der Waals surface area contributed by atoms with Gasteiger partial charge in [-0.3, -0.25) is 4.79 Å². The lowest BCUT2D eigenvalue weighted by Gasteiger charge is -2.35. The van der Waals surface area contributed by atoms with E-state index in [4.69, 9.17) is 5.11 Å². The van der Waals surface area contributed by atoms with Crippen molar-refractivity contribution in [1.82, 2.24) is 9.97 Å². The average Bonchev–Trinajstić information content (AvgIpc) is 3.71. The van der Waals surface area contributed by atoms with E-state index in [9.17, 15) is 18.3 Å². The number of aromatic nitrogens is 2. The van der Waals surface area contributed by atoms with Gasteiger partial charge in [0.1, 0.15) is 17.8 Å². The van der Waals surface area contributed by atoms with Gasteiger partial charge in [-0.2, -0.15) is 0 Å². The lowest BCUT2D eigenvalue weighted by Crippen LogP contribution is -2.39. The summed E-state index contributed by atoms with van der Waals surface area (Å²) in [4.78, 5) is 24.0. The highest BCUT2D eigenvalue weighted by Gasteiger charge is 2.30. The molecular formula is C25H34N4O5S. The molecule has 0 radical (unpaired) electrons. The van der Waals surface area contributed by atoms with Gasteiger partial charge in [0.2, 0.25) is 0 Å². The minimum Gasteiger partial charge on any atom is -0.394 e. The summed E-state index contributed by atoms with van der Waals surface area (Å²) in [5, 5.41) is 21.1. The van der Waals surface area contributed by atoms with Crippen LogP contribution in [0.3, 0.4) is 0 Å². The second kappa shape index (κ2) is 11.5. The zero-order valence-corrected chi connectivity index (χ0v) is 20.7. The molecule has 1 atom stereocenters. The number of nitrogens with one attached hydrogen (secondary N) is 1. The largest absolute Gasteiger partial charge is 0.394 e. The first-order valence-electron chi connectivity index (χ1n) is 12.4. The molecule has 190 valence electrons. The van der Waals surface area contributed by atoms with Crippen molar-refractivity contribution in [3.63, 3.8) is 0 Å². The van der Waals surface area contributed by atoms with Crippen molar-refractivity contribution < 1.29 is 23.4 Å². The fourth-order valence-electron chi connectivity index (χ4n) is 4.47. The zero-order valence-electron chi connectivity index (χ0n) is 19.8. The molecule has 10 heteroatoms. The van der Waals surface area contributed by atoms with Crippen LogP contribution >= 0.6 is 0 Å². The summed E-state index contributed by atoms with van der Waals surface area (Å²) >= 11 is 0. The van der Waals surface area contributed by atoms with Crippen LogP contribution in [0.2, 0.25) is 0 Å². The van der Waals surface area contributed by atoms with Crippen molar-refractivity contribution in [2.24, 2.45) is 5.92 Å². The first-order chi connectivity index (χ1) is 16.9. The van der Waals surface area contributed by atoms with E-state index in [1.165, 1.54) is 62.7 Å². The maximum absolute atomic E-state index is 12.9. The van der Waals surface area contributed by atoms with Crippen LogP contribution in [0.25, 0.3) is 0 Å². The molecule has 4 rings (SSSR count). The molecule has 0 saturated heterocycles. The zero-order chi connectivity index (χ0) is 24.8. The third-order valence-corrected chi connectivity index (χ3v) is 8.51. The highest BCUT2D eigenvalue weighted by molar-refractivity contribution is 7.91. The first kappa shape index (κ1) is 25.5. The van der Waals surface area contributed by atoms with E-state index in [0.29, 0.717) is 17.6 Å². The third-order valence-electron chi connectivity index (χ3n) is 6.75. The van der Waals surface area contributed by atoms with Crippen LogP contribution in [0.5, 0.6) is 0 Å². The van der Waals surface area contributed by atoms with E-state index >= 15 is 0 Å². The SMILES string of the molecule is O=C(Nc1ccc(S(=O)(=O)CCC(O)CO)cc1)c1cc(N(CC2CC2)C2CCCCC2)ncn1. The number of anilines is 2. The smallest absolute Gasteiger partial charge is 0.274 e. The fourth-order valence-corrected chi connectivity index (χ4v) is 5.84. The molecule has 2 saturated carbocycles. The highest BCUT2D eigenvalue weighted by Crippen LogP contribution is 2.34. The van der Waals surface area contributed by atoms with Crippen LogP contribution in [0.1, 0.15) is 61.9 Å². The molecule has 1 aromatic heterocycles. The molecule has 2 aliphatic rings. The molecule has 35 heavy (non-hydrogen) atoms. The van der Waals surface area contributed by atoms with Crippen LogP contribution in [0, 0.1) is 5.92 Å². The lowest BCUT2D eigenvalue weighted by molar-refractivity contribution is 0.0928. The molecule has 1 unspecified atom stereocenters. The molecule has 2 aromatic rings. The summed E-state index contributed by atoms with van der Waals surface area (Å²) in [5.41, 5.74) is 0.716. The summed E-state index contributed by atoms with van der Waals surface area (Å²) in [5.74, 6) is 0.828. The number of hydrogen-bond acceptors (Lipinski definition) is 8. The van der Waals surface area contributed by atoms with Crippen LogP contribution in [0.4, 0.5) is 11.5 Å². The molecule has 1 heterocycles. The van der Waals surface area contributed by atoms with Crippen molar-refractivity contribution in [2.75, 3.05) is 29.1 Å². The van der Waals surface area contributed by atoms with E-state index in [1.54, 1.807) is 6.07 Å². The van der Waals surface area contributed by atoms with E-state index in [0.717, 1.165) is 25.2 Å². The van der Waals surface area contributed by atoms with Crippen molar-refractivity contribution in [2.45, 2.75) is 68.4 Å². The molecule has 2 aliphatic carbocycles. The Hall–Kier alpha value is -2.56. The maximum Gasteiger partial charge on any atom is 0.274 e. The summed E-state index contributed by atoms with van der Waals surface area (Å²) in [6.45, 7) is 0.484. The van der Waals surface area contributed by atoms with Gasteiger partial charge in [-0.15, -0.1) is 0 Å². The second-order valence-corrected chi connectivity index (χ2v) is 11.7. The Morgan fingerprint density at radius 2 is 1.80 bits per heavy atom. The summed E-state index contributed by atoms with van der Waals surface area (Å²) in [6, 6.07) is 8.08. The van der Waals surface area contributed by atoms with Gasteiger partial charge in [-0.1, -0.05) is 19.3 Å². The predicted molar refractivity (Wildman–Crippen MR) is 133 cm³/mol. The third kappa shape index (κ3) is 6.99. The van der Waals surface area contributed by atoms with Crippen LogP contribution in [-0.4, -0.2) is 65.6 Å². The number of sulfone groups is 1. The van der Waals surface area contributed by atoms with Gasteiger partial charge in [0.25, 0.3) is 5.91 Å². The molecule has 9 nitrogen and oxygen atoms in total. The number of carbonyl (C=O) groups is 1. The van der Waals surface area contributed by atoms with Crippen LogP contribution in [-0.2, 0) is 9.84 Å². The van der Waals surface area contributed by atoms with Gasteiger partial charge < -0.3 is 20.4 Å². The average molecular weight is 503 g/mol. The van der Waals surface area contributed by atoms with E-state index in [2.05, 4.69) is 20.2 Å². The summed E-state index contributed by atoms with van der Waals surface area (Å²) in [7, 11) is -3.60. The van der Waals surface area contributed by atoms with Gasteiger partial charge in [0.05, 0.1) is 23.4 Å². The van der Waals surface area contributed by atoms with Crippen molar-refractivity contribution in [3.05, 3.63) is 42.4 Å². The number of benzene rings is 1. The molecule has 1 amide bonds. The van der Waals surface area contributed by atoms with Gasteiger partial charge in [-0.05, 0) is 62.3 Å². The lowest BCUT2D eigenvalue weighted by atomic mass is 9.94. The van der Waals surface area contributed by atoms with Gasteiger partial charge in [0.15, 0.2) is 9.84 Å². The van der Waals surface area contributed by atoms with Crippen molar-refractivity contribution >= 4 is 27.2 Å². The molecule has 0 spiro atoms. The van der Waals surface area contributed by atoms with E-state index in [-0.39, 0.29) is 28.7 Å². The minimum absolute atomic E-state index is 0.0496. The predicted octanol–water partition coefficient (Wildman–Crippen LogP) is 2.80. The molecule has 3 N–H and O–H groups in total. The van der Waals surface area contributed by atoms with Gasteiger partial charge in [0, 0.05) is 24.3 Å². The van der Waals surface area contributed by atoms with E-state index in [1.807, 2.05) is 0 Å². The molecule has 0 bridgehead atoms. The molecule has 2 fully saturated rings. The quantitative estimate of drug-likeness (QED) is 0.427. The number of carbonyl (C=O) groups excluding carboxylic acids is 1. The molecule has 1 aromatic carbocycles. The van der Waals surface area contributed by atoms with Crippen LogP contribution < -0.4 is 10.2 Å². The Balaban J connectivity index is 1.43. The van der Waals surface area contributed by atoms with Gasteiger partial charge >= 0.3 is 0 Å². The number of rotatable bonds is 11. The topological polar surface area (TPSA) is 133 Å². The Kier molecular flexibility index (Phi) is 8.35. The number of aliphatic hydroxyl groups excluding tert-OH is 2. The molecular weight excluding hydrogens is 468 g/mol. The van der Waals surface area contributed by atoms with Crippen LogP contribution in [0.15, 0.2) is 41.6 Å². The highest BCUT2D eigenvalue weighted by atomic mass is 32.2. The number of hydrogen-bond donors (Lipinski definition) is 3. The normalized spacial score (nSPS) is 17.7. The Morgan fingerprint density at radius 3 is 2.46 bits per heavy atom. The second-order valence-electron chi connectivity index (χ2n) is 9.57. The summed E-state index contributed by atoms with van der Waals surface area (Å²) in [6.07, 6.45) is 8.81. The van der Waals surface area contributed by atoms with Crippen molar-refractivity contribution in [3.8, 4) is 0 Å². The molecule has 0 aliphatic heterocycles. The maximum atomic E-state index is 12.9. The Labute approximate surface area is 206 Å². The number of aliphatic hydroxyl groups is 2. The fraction of sp³-hybridized carbons (Fsp3) is 0.560. The van der Waals surface area contributed by atoms with E-state index < -0.39 is 22.5 Å². The number of amides is 1. The standard InChI is InChI=1S/C25H34N4O5S/c30-16-21(31)12-13-35(33,34)22-10-8-19(9-11-22)28-25(32)23-14-24(27-17-26-23)29(15-18-6-7-18)20-4-2-1-3-5-20/h8-11,14,17-18,20-21,30-31H,1-7,12-13,15-16H2,(H,28,32). The Bertz CT molecular complexity index is 1100. The Morgan fingerprint density at radius 1 is 1.09 bits per heavy atom. The van der Waals surface area contributed by atoms with Gasteiger partial charge in [-0.25, -0.2) is 18.4 Å². The first-order valence-corrected chi connectivity index (χ1v) is 14.0. The number of nitrogens with zero attached hydrogens (tertiary/aromatic N) is 3. The monoisotopic (exact) mass is 502 g/mol. The minimum atomic E-state index is -3.60.